The normalized spacial score (nSPS) is 19.0. The van der Waals surface area contributed by atoms with Gasteiger partial charge < -0.3 is 15.4 Å². The Balaban J connectivity index is 1.51. The largest absolute Gasteiger partial charge is 0.497 e. The van der Waals surface area contributed by atoms with Gasteiger partial charge in [-0.2, -0.15) is 0 Å². The van der Waals surface area contributed by atoms with Crippen LogP contribution in [0.1, 0.15) is 18.4 Å². The number of nitrogens with one attached hydrogen (secondary N) is 3. The molecule has 0 aliphatic carbocycles. The Hall–Kier alpha value is -2.58. The number of carbonyl (C=O) groups is 2. The Kier molecular flexibility index (Phi) is 6.89. The number of hydrogen-bond acceptors (Lipinski definition) is 5. The van der Waals surface area contributed by atoms with E-state index in [0.29, 0.717) is 17.2 Å². The van der Waals surface area contributed by atoms with Gasteiger partial charge in [-0.05, 0) is 29.8 Å². The third-order valence-corrected chi connectivity index (χ3v) is 5.31. The van der Waals surface area contributed by atoms with Gasteiger partial charge in [-0.15, -0.1) is 11.8 Å². The number of anilines is 1. The number of thioether (sulfide) groups is 1. The SMILES string of the molecule is COc1cccc(NC(=O)CC2CC(=O)NC(SCc3ccc(F)cc3)N2)c1. The molecule has 3 rings (SSSR count). The minimum absolute atomic E-state index is 0.102. The van der Waals surface area contributed by atoms with Gasteiger partial charge in [-0.1, -0.05) is 18.2 Å². The molecule has 28 heavy (non-hydrogen) atoms. The fraction of sp³-hybridized carbons (Fsp3) is 0.300. The number of ether oxygens (including phenoxy) is 1. The minimum Gasteiger partial charge on any atom is -0.497 e. The van der Waals surface area contributed by atoms with Crippen molar-refractivity contribution in [3.8, 4) is 5.75 Å². The summed E-state index contributed by atoms with van der Waals surface area (Å²) in [6.45, 7) is 0. The van der Waals surface area contributed by atoms with E-state index in [9.17, 15) is 14.0 Å². The van der Waals surface area contributed by atoms with Crippen LogP contribution in [0, 0.1) is 5.82 Å². The molecule has 6 nitrogen and oxygen atoms in total. The fourth-order valence-electron chi connectivity index (χ4n) is 2.86. The molecule has 0 aromatic heterocycles. The molecule has 0 radical (unpaired) electrons. The highest BCUT2D eigenvalue weighted by atomic mass is 32.2. The molecular weight excluding hydrogens is 381 g/mol. The van der Waals surface area contributed by atoms with Crippen molar-refractivity contribution in [2.24, 2.45) is 0 Å². The lowest BCUT2D eigenvalue weighted by molar-refractivity contribution is -0.124. The van der Waals surface area contributed by atoms with E-state index in [2.05, 4.69) is 16.0 Å². The number of methoxy groups -OCH3 is 1. The summed E-state index contributed by atoms with van der Waals surface area (Å²) in [4.78, 5) is 24.3. The first-order valence-electron chi connectivity index (χ1n) is 8.87. The average Bonchev–Trinajstić information content (AvgIpc) is 2.67. The summed E-state index contributed by atoms with van der Waals surface area (Å²) < 4.78 is 18.1. The third-order valence-electron chi connectivity index (χ3n) is 4.23. The lowest BCUT2D eigenvalue weighted by Gasteiger charge is -2.31. The summed E-state index contributed by atoms with van der Waals surface area (Å²) in [7, 11) is 1.56. The monoisotopic (exact) mass is 403 g/mol. The lowest BCUT2D eigenvalue weighted by atomic mass is 10.1. The second-order valence-electron chi connectivity index (χ2n) is 6.44. The van der Waals surface area contributed by atoms with Crippen molar-refractivity contribution in [2.75, 3.05) is 12.4 Å². The molecule has 2 aromatic rings. The Morgan fingerprint density at radius 1 is 1.29 bits per heavy atom. The standard InChI is InChI=1S/C20H22FN3O3S/c1-27-17-4-2-3-15(9-17)22-18(25)10-16-11-19(26)24-20(23-16)28-12-13-5-7-14(21)8-6-13/h2-9,16,20,23H,10-12H2,1H3,(H,22,25)(H,24,26). The molecule has 3 N–H and O–H groups in total. The van der Waals surface area contributed by atoms with Gasteiger partial charge in [-0.3, -0.25) is 14.9 Å². The van der Waals surface area contributed by atoms with Crippen molar-refractivity contribution in [3.63, 3.8) is 0 Å². The predicted octanol–water partition coefficient (Wildman–Crippen LogP) is 2.86. The second-order valence-corrected chi connectivity index (χ2v) is 7.53. The zero-order chi connectivity index (χ0) is 19.9. The molecule has 0 bridgehead atoms. The van der Waals surface area contributed by atoms with Crippen LogP contribution in [0.2, 0.25) is 0 Å². The van der Waals surface area contributed by atoms with Crippen molar-refractivity contribution in [2.45, 2.75) is 30.1 Å². The van der Waals surface area contributed by atoms with Crippen molar-refractivity contribution < 1.29 is 18.7 Å². The van der Waals surface area contributed by atoms with Gasteiger partial charge in [0, 0.05) is 36.4 Å². The van der Waals surface area contributed by atoms with E-state index < -0.39 is 0 Å². The van der Waals surface area contributed by atoms with Crippen LogP contribution in [0.5, 0.6) is 5.75 Å². The Labute approximate surface area is 167 Å². The molecule has 2 amide bonds. The summed E-state index contributed by atoms with van der Waals surface area (Å²) in [6.07, 6.45) is 0.414. The van der Waals surface area contributed by atoms with Gasteiger partial charge in [0.25, 0.3) is 0 Å². The highest BCUT2D eigenvalue weighted by Crippen LogP contribution is 2.20. The molecule has 1 heterocycles. The molecule has 1 saturated heterocycles. The molecule has 8 heteroatoms. The minimum atomic E-state index is -0.305. The average molecular weight is 403 g/mol. The van der Waals surface area contributed by atoms with Crippen LogP contribution in [-0.4, -0.2) is 30.5 Å². The van der Waals surface area contributed by atoms with Crippen LogP contribution in [0.25, 0.3) is 0 Å². The molecule has 2 aromatic carbocycles. The third kappa shape index (κ3) is 5.97. The fourth-order valence-corrected chi connectivity index (χ4v) is 3.92. The number of halogens is 1. The summed E-state index contributed by atoms with van der Waals surface area (Å²) in [5.41, 5.74) is 1.30. The van der Waals surface area contributed by atoms with E-state index in [0.717, 1.165) is 5.56 Å². The number of carbonyl (C=O) groups excluding carboxylic acids is 2. The van der Waals surface area contributed by atoms with E-state index in [4.69, 9.17) is 4.74 Å². The Morgan fingerprint density at radius 3 is 2.82 bits per heavy atom. The first-order chi connectivity index (χ1) is 13.5. The summed E-state index contributed by atoms with van der Waals surface area (Å²) >= 11 is 1.49. The van der Waals surface area contributed by atoms with Crippen molar-refractivity contribution >= 4 is 29.3 Å². The van der Waals surface area contributed by atoms with Gasteiger partial charge in [0.15, 0.2) is 0 Å². The van der Waals surface area contributed by atoms with Crippen LogP contribution in [0.4, 0.5) is 10.1 Å². The zero-order valence-electron chi connectivity index (χ0n) is 15.4. The van der Waals surface area contributed by atoms with Crippen molar-refractivity contribution in [1.82, 2.24) is 10.6 Å². The first kappa shape index (κ1) is 20.2. The van der Waals surface area contributed by atoms with Gasteiger partial charge in [0.05, 0.1) is 7.11 Å². The molecule has 2 unspecified atom stereocenters. The van der Waals surface area contributed by atoms with Crippen LogP contribution < -0.4 is 20.7 Å². The van der Waals surface area contributed by atoms with Crippen molar-refractivity contribution in [1.29, 1.82) is 0 Å². The topological polar surface area (TPSA) is 79.5 Å². The molecule has 1 fully saturated rings. The molecule has 1 aliphatic rings. The second kappa shape index (κ2) is 9.57. The van der Waals surface area contributed by atoms with E-state index >= 15 is 0 Å². The Morgan fingerprint density at radius 2 is 2.07 bits per heavy atom. The van der Waals surface area contributed by atoms with E-state index in [1.807, 2.05) is 0 Å². The highest BCUT2D eigenvalue weighted by molar-refractivity contribution is 7.99. The first-order valence-corrected chi connectivity index (χ1v) is 9.92. The number of benzene rings is 2. The number of amides is 2. The maximum Gasteiger partial charge on any atom is 0.225 e. The van der Waals surface area contributed by atoms with Gasteiger partial charge in [0.1, 0.15) is 17.1 Å². The highest BCUT2D eigenvalue weighted by Gasteiger charge is 2.27. The van der Waals surface area contributed by atoms with E-state index in [1.165, 1.54) is 23.9 Å². The molecule has 0 saturated carbocycles. The van der Waals surface area contributed by atoms with Gasteiger partial charge in [-0.25, -0.2) is 4.39 Å². The molecule has 0 spiro atoms. The molecule has 1 aliphatic heterocycles. The maximum absolute atomic E-state index is 13.0. The van der Waals surface area contributed by atoms with Gasteiger partial charge >= 0.3 is 0 Å². The van der Waals surface area contributed by atoms with Gasteiger partial charge in [0.2, 0.25) is 11.8 Å². The molecular formula is C20H22FN3O3S. The van der Waals surface area contributed by atoms with Crippen LogP contribution in [0.3, 0.4) is 0 Å². The zero-order valence-corrected chi connectivity index (χ0v) is 16.2. The smallest absolute Gasteiger partial charge is 0.225 e. The number of hydrogen-bond donors (Lipinski definition) is 3. The summed E-state index contributed by atoms with van der Waals surface area (Å²) in [5.74, 6) is 0.712. The lowest BCUT2D eigenvalue weighted by Crippen LogP contribution is -2.55. The van der Waals surface area contributed by atoms with E-state index in [-0.39, 0.29) is 42.0 Å². The molecule has 2 atom stereocenters. The summed E-state index contributed by atoms with van der Waals surface area (Å²) in [6, 6.07) is 13.1. The van der Waals surface area contributed by atoms with E-state index in [1.54, 1.807) is 43.5 Å². The molecule has 148 valence electrons. The van der Waals surface area contributed by atoms with Crippen LogP contribution in [-0.2, 0) is 15.3 Å². The predicted molar refractivity (Wildman–Crippen MR) is 107 cm³/mol. The maximum atomic E-state index is 13.0. The summed E-state index contributed by atoms with van der Waals surface area (Å²) in [5, 5.41) is 8.96. The Bertz CT molecular complexity index is 832. The van der Waals surface area contributed by atoms with Crippen LogP contribution in [0.15, 0.2) is 48.5 Å². The number of rotatable bonds is 7. The van der Waals surface area contributed by atoms with Crippen LogP contribution >= 0.6 is 11.8 Å². The van der Waals surface area contributed by atoms with Crippen molar-refractivity contribution in [3.05, 3.63) is 59.9 Å². The quantitative estimate of drug-likeness (QED) is 0.663.